The molecule has 0 radical (unpaired) electrons. The van der Waals surface area contributed by atoms with Crippen LogP contribution >= 0.6 is 27.7 Å². The molecule has 0 spiro atoms. The number of alkyl halides is 3. The summed E-state index contributed by atoms with van der Waals surface area (Å²) in [6, 6.07) is 4.53. The number of benzene rings is 1. The summed E-state index contributed by atoms with van der Waals surface area (Å²) >= 11 is 4.78. The van der Waals surface area contributed by atoms with E-state index in [4.69, 9.17) is 0 Å². The topological polar surface area (TPSA) is 12.0 Å². The van der Waals surface area contributed by atoms with Crippen molar-refractivity contribution in [2.45, 2.75) is 30.8 Å². The van der Waals surface area contributed by atoms with Crippen LogP contribution in [0.4, 0.5) is 18.9 Å². The van der Waals surface area contributed by atoms with Crippen LogP contribution in [-0.2, 0) is 6.18 Å². The van der Waals surface area contributed by atoms with Gasteiger partial charge in [-0.1, -0.05) is 22.9 Å². The van der Waals surface area contributed by atoms with Gasteiger partial charge >= 0.3 is 6.18 Å². The van der Waals surface area contributed by atoms with Gasteiger partial charge in [-0.2, -0.15) is 24.9 Å². The van der Waals surface area contributed by atoms with Crippen LogP contribution in [0.5, 0.6) is 0 Å². The second kappa shape index (κ2) is 5.33. The molecule has 1 saturated heterocycles. The molecular formula is C12H13BrF3NS. The lowest BCUT2D eigenvalue weighted by Crippen LogP contribution is -2.24. The van der Waals surface area contributed by atoms with Crippen molar-refractivity contribution in [1.29, 1.82) is 0 Å². The molecule has 2 atom stereocenters. The summed E-state index contributed by atoms with van der Waals surface area (Å²) in [5.41, 5.74) is -0.101. The van der Waals surface area contributed by atoms with Crippen LogP contribution in [0.25, 0.3) is 0 Å². The van der Waals surface area contributed by atoms with Crippen LogP contribution in [0, 0.1) is 0 Å². The molecule has 1 heterocycles. The van der Waals surface area contributed by atoms with Gasteiger partial charge in [0.2, 0.25) is 0 Å². The van der Waals surface area contributed by atoms with Crippen LogP contribution < -0.4 is 5.32 Å². The molecule has 1 aromatic carbocycles. The predicted octanol–water partition coefficient (Wildman–Crippen LogP) is 4.77. The van der Waals surface area contributed by atoms with Gasteiger partial charge in [-0.15, -0.1) is 0 Å². The number of rotatable bonds is 2. The molecule has 1 aromatic rings. The van der Waals surface area contributed by atoms with Crippen molar-refractivity contribution in [1.82, 2.24) is 0 Å². The molecule has 1 aliphatic rings. The SMILES string of the molecule is CC1SCCC1Nc1ccc(Br)c(C(F)(F)F)c1. The van der Waals surface area contributed by atoms with E-state index in [-0.39, 0.29) is 10.5 Å². The minimum absolute atomic E-state index is 0.0781. The molecule has 1 N–H and O–H groups in total. The molecule has 0 amide bonds. The second-order valence-electron chi connectivity index (χ2n) is 4.31. The van der Waals surface area contributed by atoms with Crippen molar-refractivity contribution in [2.24, 2.45) is 0 Å². The summed E-state index contributed by atoms with van der Waals surface area (Å²) < 4.78 is 38.3. The Morgan fingerprint density at radius 2 is 2.11 bits per heavy atom. The number of hydrogen-bond donors (Lipinski definition) is 1. The van der Waals surface area contributed by atoms with Crippen molar-refractivity contribution in [2.75, 3.05) is 11.1 Å². The molecule has 1 fully saturated rings. The molecule has 0 bridgehead atoms. The van der Waals surface area contributed by atoms with Gasteiger partial charge in [-0.25, -0.2) is 0 Å². The summed E-state index contributed by atoms with van der Waals surface area (Å²) in [5.74, 6) is 1.06. The van der Waals surface area contributed by atoms with E-state index in [0.717, 1.165) is 12.2 Å². The molecule has 6 heteroatoms. The first-order valence-corrected chi connectivity index (χ1v) is 7.47. The van der Waals surface area contributed by atoms with E-state index in [1.165, 1.54) is 12.1 Å². The Labute approximate surface area is 117 Å². The van der Waals surface area contributed by atoms with Crippen LogP contribution in [0.2, 0.25) is 0 Å². The molecule has 100 valence electrons. The van der Waals surface area contributed by atoms with Crippen LogP contribution in [0.1, 0.15) is 18.9 Å². The number of halogens is 4. The summed E-state index contributed by atoms with van der Waals surface area (Å²) in [5, 5.41) is 3.62. The number of thioether (sulfide) groups is 1. The Balaban J connectivity index is 2.19. The predicted molar refractivity (Wildman–Crippen MR) is 73.1 cm³/mol. The first-order chi connectivity index (χ1) is 8.38. The van der Waals surface area contributed by atoms with E-state index < -0.39 is 11.7 Å². The molecule has 0 aliphatic carbocycles. The summed E-state index contributed by atoms with van der Waals surface area (Å²) in [6.45, 7) is 2.10. The van der Waals surface area contributed by atoms with Gasteiger partial charge in [-0.05, 0) is 30.4 Å². The maximum absolute atomic E-state index is 12.8. The van der Waals surface area contributed by atoms with E-state index in [1.54, 1.807) is 6.07 Å². The molecule has 2 unspecified atom stereocenters. The third kappa shape index (κ3) is 3.15. The Hall–Kier alpha value is -0.360. The first kappa shape index (κ1) is 14.1. The van der Waals surface area contributed by atoms with Crippen molar-refractivity contribution < 1.29 is 13.2 Å². The molecule has 1 aliphatic heterocycles. The van der Waals surface area contributed by atoms with Gasteiger partial charge in [0.05, 0.1) is 5.56 Å². The third-order valence-electron chi connectivity index (χ3n) is 3.00. The van der Waals surface area contributed by atoms with Gasteiger partial charge in [0.15, 0.2) is 0 Å². The number of hydrogen-bond acceptors (Lipinski definition) is 2. The Morgan fingerprint density at radius 3 is 2.67 bits per heavy atom. The quantitative estimate of drug-likeness (QED) is 0.832. The van der Waals surface area contributed by atoms with Crippen LogP contribution in [0.15, 0.2) is 22.7 Å². The lowest BCUT2D eigenvalue weighted by molar-refractivity contribution is -0.138. The van der Waals surface area contributed by atoms with E-state index in [1.807, 2.05) is 11.8 Å². The molecular weight excluding hydrogens is 327 g/mol. The normalized spacial score (nSPS) is 24.3. The average Bonchev–Trinajstić information content (AvgIpc) is 2.66. The van der Waals surface area contributed by atoms with Crippen molar-refractivity contribution >= 4 is 33.4 Å². The van der Waals surface area contributed by atoms with Gasteiger partial charge in [0.1, 0.15) is 0 Å². The summed E-state index contributed by atoms with van der Waals surface area (Å²) in [6.07, 6.45) is -3.34. The van der Waals surface area contributed by atoms with Gasteiger partial charge in [0, 0.05) is 21.5 Å². The lowest BCUT2D eigenvalue weighted by Gasteiger charge is -2.19. The van der Waals surface area contributed by atoms with Crippen molar-refractivity contribution in [3.8, 4) is 0 Å². The zero-order valence-electron chi connectivity index (χ0n) is 9.72. The minimum Gasteiger partial charge on any atom is -0.381 e. The highest BCUT2D eigenvalue weighted by molar-refractivity contribution is 9.10. The molecule has 0 saturated carbocycles. The highest BCUT2D eigenvalue weighted by Crippen LogP contribution is 2.37. The van der Waals surface area contributed by atoms with Crippen LogP contribution in [0.3, 0.4) is 0 Å². The molecule has 2 rings (SSSR count). The standard InChI is InChI=1S/C12H13BrF3NS/c1-7-11(4-5-18-7)17-8-2-3-10(13)9(6-8)12(14,15)16/h2-3,6-7,11,17H,4-5H2,1H3. The van der Waals surface area contributed by atoms with Crippen molar-refractivity contribution in [3.05, 3.63) is 28.2 Å². The van der Waals surface area contributed by atoms with E-state index in [2.05, 4.69) is 28.2 Å². The summed E-state index contributed by atoms with van der Waals surface area (Å²) in [7, 11) is 0. The molecule has 18 heavy (non-hydrogen) atoms. The zero-order valence-corrected chi connectivity index (χ0v) is 12.1. The second-order valence-corrected chi connectivity index (χ2v) is 6.65. The maximum Gasteiger partial charge on any atom is 0.417 e. The fraction of sp³-hybridized carbons (Fsp3) is 0.500. The van der Waals surface area contributed by atoms with E-state index in [9.17, 15) is 13.2 Å². The average molecular weight is 340 g/mol. The largest absolute Gasteiger partial charge is 0.417 e. The molecule has 1 nitrogen and oxygen atoms in total. The first-order valence-electron chi connectivity index (χ1n) is 5.63. The minimum atomic E-state index is -4.33. The monoisotopic (exact) mass is 339 g/mol. The van der Waals surface area contributed by atoms with Gasteiger partial charge < -0.3 is 5.32 Å². The zero-order chi connectivity index (χ0) is 13.3. The lowest BCUT2D eigenvalue weighted by atomic mass is 10.1. The van der Waals surface area contributed by atoms with Gasteiger partial charge in [0.25, 0.3) is 0 Å². The smallest absolute Gasteiger partial charge is 0.381 e. The third-order valence-corrected chi connectivity index (χ3v) is 5.02. The summed E-state index contributed by atoms with van der Waals surface area (Å²) in [4.78, 5) is 0. The van der Waals surface area contributed by atoms with Crippen LogP contribution in [-0.4, -0.2) is 17.0 Å². The Kier molecular flexibility index (Phi) is 4.16. The molecule has 0 aromatic heterocycles. The number of anilines is 1. The fourth-order valence-electron chi connectivity index (χ4n) is 1.97. The van der Waals surface area contributed by atoms with E-state index >= 15 is 0 Å². The highest BCUT2D eigenvalue weighted by Gasteiger charge is 2.33. The fourth-order valence-corrected chi connectivity index (χ4v) is 3.64. The maximum atomic E-state index is 12.8. The van der Waals surface area contributed by atoms with Crippen molar-refractivity contribution in [3.63, 3.8) is 0 Å². The Bertz CT molecular complexity index is 436. The highest BCUT2D eigenvalue weighted by atomic mass is 79.9. The Morgan fingerprint density at radius 1 is 1.39 bits per heavy atom. The van der Waals surface area contributed by atoms with E-state index in [0.29, 0.717) is 10.9 Å². The number of nitrogens with one attached hydrogen (secondary N) is 1. The van der Waals surface area contributed by atoms with Gasteiger partial charge in [-0.3, -0.25) is 0 Å².